The van der Waals surface area contributed by atoms with Crippen molar-refractivity contribution >= 4 is 22.7 Å². The molecule has 182 valence electrons. The second kappa shape index (κ2) is 9.76. The summed E-state index contributed by atoms with van der Waals surface area (Å²) in [7, 11) is 0. The first-order valence-corrected chi connectivity index (χ1v) is 11.6. The molecule has 9 heteroatoms. The number of aliphatic hydroxyl groups is 1. The zero-order chi connectivity index (χ0) is 24.5. The van der Waals surface area contributed by atoms with Crippen molar-refractivity contribution in [1.29, 1.82) is 0 Å². The lowest BCUT2D eigenvalue weighted by Crippen LogP contribution is -2.46. The van der Waals surface area contributed by atoms with E-state index in [1.54, 1.807) is 20.0 Å². The number of fused-ring (bicyclic) bond motifs is 1. The number of nitrogens with one attached hydrogen (secondary N) is 1. The molecule has 1 fully saturated rings. The van der Waals surface area contributed by atoms with Crippen LogP contribution in [-0.2, 0) is 13.0 Å². The molecule has 2 aromatic heterocycles. The van der Waals surface area contributed by atoms with Crippen LogP contribution in [0.25, 0.3) is 11.0 Å². The maximum Gasteiger partial charge on any atom is 0.172 e. The summed E-state index contributed by atoms with van der Waals surface area (Å²) in [5.41, 5.74) is 1.68. The number of benzene rings is 1. The summed E-state index contributed by atoms with van der Waals surface area (Å²) < 4.78 is 27.6. The van der Waals surface area contributed by atoms with Gasteiger partial charge in [-0.1, -0.05) is 0 Å². The van der Waals surface area contributed by atoms with Crippen LogP contribution in [0.5, 0.6) is 0 Å². The smallest absolute Gasteiger partial charge is 0.172 e. The zero-order valence-electron chi connectivity index (χ0n) is 20.1. The zero-order valence-corrected chi connectivity index (χ0v) is 20.1. The van der Waals surface area contributed by atoms with Crippen molar-refractivity contribution in [1.82, 2.24) is 19.9 Å². The van der Waals surface area contributed by atoms with Crippen molar-refractivity contribution in [2.75, 3.05) is 36.4 Å². The van der Waals surface area contributed by atoms with E-state index in [4.69, 9.17) is 9.97 Å². The molecule has 4 rings (SSSR count). The van der Waals surface area contributed by atoms with Crippen LogP contribution in [0, 0.1) is 11.6 Å². The van der Waals surface area contributed by atoms with Gasteiger partial charge in [0, 0.05) is 56.4 Å². The van der Waals surface area contributed by atoms with Crippen molar-refractivity contribution < 1.29 is 13.9 Å². The highest BCUT2D eigenvalue weighted by Crippen LogP contribution is 2.27. The Hall–Kier alpha value is -2.91. The first kappa shape index (κ1) is 24.2. The molecule has 0 spiro atoms. The Labute approximate surface area is 198 Å². The molecule has 1 aliphatic rings. The lowest BCUT2D eigenvalue weighted by Gasteiger charge is -2.36. The molecular formula is C25H32F2N6O. The molecule has 0 amide bonds. The standard InChI is InChI=1S/C25H32F2N6O/c1-16(2)29-23-24(31-22-14-28-19(12-21(22)30-23)13-25(3,4)34)33-9-7-32(8-10-33)15-17-11-18(26)5-6-20(17)27/h5-6,11-12,14,16,34H,7-10,13,15H2,1-4H3,(H,29,30). The van der Waals surface area contributed by atoms with Gasteiger partial charge in [-0.05, 0) is 52.0 Å². The maximum atomic E-state index is 14.1. The summed E-state index contributed by atoms with van der Waals surface area (Å²) in [6.45, 7) is 10.7. The fourth-order valence-electron chi connectivity index (χ4n) is 4.15. The van der Waals surface area contributed by atoms with Gasteiger partial charge in [-0.2, -0.15) is 0 Å². The van der Waals surface area contributed by atoms with E-state index < -0.39 is 11.4 Å². The van der Waals surface area contributed by atoms with Crippen LogP contribution in [0.15, 0.2) is 30.5 Å². The highest BCUT2D eigenvalue weighted by Gasteiger charge is 2.23. The predicted molar refractivity (Wildman–Crippen MR) is 130 cm³/mol. The Morgan fingerprint density at radius 2 is 1.79 bits per heavy atom. The lowest BCUT2D eigenvalue weighted by atomic mass is 10.0. The van der Waals surface area contributed by atoms with Gasteiger partial charge < -0.3 is 15.3 Å². The average Bonchev–Trinajstić information content (AvgIpc) is 2.75. The molecule has 0 atom stereocenters. The minimum absolute atomic E-state index is 0.167. The molecule has 2 N–H and O–H groups in total. The van der Waals surface area contributed by atoms with E-state index in [0.717, 1.165) is 23.1 Å². The van der Waals surface area contributed by atoms with E-state index >= 15 is 0 Å². The highest BCUT2D eigenvalue weighted by molar-refractivity contribution is 5.80. The van der Waals surface area contributed by atoms with E-state index in [-0.39, 0.29) is 11.9 Å². The first-order chi connectivity index (χ1) is 16.1. The molecule has 0 saturated carbocycles. The van der Waals surface area contributed by atoms with E-state index in [0.29, 0.717) is 56.0 Å². The number of hydrogen-bond donors (Lipinski definition) is 2. The van der Waals surface area contributed by atoms with E-state index in [2.05, 4.69) is 20.1 Å². The number of piperazine rings is 1. The van der Waals surface area contributed by atoms with Gasteiger partial charge in [-0.15, -0.1) is 0 Å². The number of aromatic nitrogens is 3. The summed E-state index contributed by atoms with van der Waals surface area (Å²) in [5.74, 6) is 0.650. The van der Waals surface area contributed by atoms with Crippen LogP contribution in [0.3, 0.4) is 0 Å². The molecule has 1 aromatic carbocycles. The average molecular weight is 471 g/mol. The van der Waals surface area contributed by atoms with Gasteiger partial charge in [0.1, 0.15) is 17.2 Å². The van der Waals surface area contributed by atoms with Crippen LogP contribution < -0.4 is 10.2 Å². The fourth-order valence-corrected chi connectivity index (χ4v) is 4.15. The van der Waals surface area contributed by atoms with Crippen LogP contribution in [0.4, 0.5) is 20.4 Å². The fraction of sp³-hybridized carbons (Fsp3) is 0.480. The molecule has 0 radical (unpaired) electrons. The number of nitrogens with zero attached hydrogens (tertiary/aromatic N) is 5. The Balaban J connectivity index is 1.54. The summed E-state index contributed by atoms with van der Waals surface area (Å²) in [4.78, 5) is 18.5. The topological polar surface area (TPSA) is 77.4 Å². The summed E-state index contributed by atoms with van der Waals surface area (Å²) in [5, 5.41) is 13.5. The molecule has 1 saturated heterocycles. The number of anilines is 2. The Bertz CT molecular complexity index is 1160. The van der Waals surface area contributed by atoms with Crippen molar-refractivity contribution in [3.8, 4) is 0 Å². The Morgan fingerprint density at radius 3 is 2.47 bits per heavy atom. The normalized spacial score (nSPS) is 15.4. The number of hydrogen-bond acceptors (Lipinski definition) is 7. The van der Waals surface area contributed by atoms with Gasteiger partial charge in [0.05, 0.1) is 17.3 Å². The second-order valence-corrected chi connectivity index (χ2v) is 9.85. The molecular weight excluding hydrogens is 438 g/mol. The van der Waals surface area contributed by atoms with Gasteiger partial charge in [0.2, 0.25) is 0 Å². The monoisotopic (exact) mass is 470 g/mol. The first-order valence-electron chi connectivity index (χ1n) is 11.6. The molecule has 1 aliphatic heterocycles. The number of rotatable bonds is 7. The van der Waals surface area contributed by atoms with Crippen molar-refractivity contribution in [3.05, 3.63) is 53.4 Å². The molecule has 3 aromatic rings. The quantitative estimate of drug-likeness (QED) is 0.545. The summed E-state index contributed by atoms with van der Waals surface area (Å²) in [6.07, 6.45) is 2.13. The second-order valence-electron chi connectivity index (χ2n) is 9.85. The van der Waals surface area contributed by atoms with Crippen molar-refractivity contribution in [3.63, 3.8) is 0 Å². The molecule has 7 nitrogen and oxygen atoms in total. The lowest BCUT2D eigenvalue weighted by molar-refractivity contribution is 0.0800. The van der Waals surface area contributed by atoms with Crippen LogP contribution in [-0.4, -0.2) is 62.8 Å². The van der Waals surface area contributed by atoms with Gasteiger partial charge in [-0.25, -0.2) is 18.7 Å². The van der Waals surface area contributed by atoms with Crippen molar-refractivity contribution in [2.24, 2.45) is 0 Å². The van der Waals surface area contributed by atoms with Gasteiger partial charge in [-0.3, -0.25) is 9.88 Å². The minimum Gasteiger partial charge on any atom is -0.390 e. The minimum atomic E-state index is -0.860. The summed E-state index contributed by atoms with van der Waals surface area (Å²) >= 11 is 0. The van der Waals surface area contributed by atoms with Gasteiger partial charge >= 0.3 is 0 Å². The van der Waals surface area contributed by atoms with E-state index in [9.17, 15) is 13.9 Å². The SMILES string of the molecule is CC(C)Nc1nc2cc(CC(C)(C)O)ncc2nc1N1CCN(Cc2cc(F)ccc2F)CC1. The van der Waals surface area contributed by atoms with E-state index in [1.807, 2.05) is 19.9 Å². The Kier molecular flexibility index (Phi) is 6.95. The molecule has 3 heterocycles. The van der Waals surface area contributed by atoms with Crippen LogP contribution in [0.2, 0.25) is 0 Å². The van der Waals surface area contributed by atoms with Crippen LogP contribution >= 0.6 is 0 Å². The number of halogens is 2. The largest absolute Gasteiger partial charge is 0.390 e. The third-order valence-corrected chi connectivity index (χ3v) is 5.70. The molecule has 0 aliphatic carbocycles. The van der Waals surface area contributed by atoms with Gasteiger partial charge in [0.25, 0.3) is 0 Å². The summed E-state index contributed by atoms with van der Waals surface area (Å²) in [6, 6.07) is 5.62. The van der Waals surface area contributed by atoms with Gasteiger partial charge in [0.15, 0.2) is 11.6 Å². The third kappa shape index (κ3) is 5.95. The molecule has 0 unspecified atom stereocenters. The molecule has 0 bridgehead atoms. The predicted octanol–water partition coefficient (Wildman–Crippen LogP) is 3.76. The highest BCUT2D eigenvalue weighted by atomic mass is 19.1. The van der Waals surface area contributed by atoms with Crippen LogP contribution in [0.1, 0.15) is 39.0 Å². The third-order valence-electron chi connectivity index (χ3n) is 5.70. The van der Waals surface area contributed by atoms with E-state index in [1.165, 1.54) is 12.1 Å². The maximum absolute atomic E-state index is 14.1. The molecule has 34 heavy (non-hydrogen) atoms. The number of pyridine rings is 1. The Morgan fingerprint density at radius 1 is 1.06 bits per heavy atom. The van der Waals surface area contributed by atoms with Crippen molar-refractivity contribution in [2.45, 2.75) is 52.3 Å².